The van der Waals surface area contributed by atoms with Crippen molar-refractivity contribution >= 4 is 22.8 Å². The molecule has 0 N–H and O–H groups in total. The van der Waals surface area contributed by atoms with Gasteiger partial charge in [0.1, 0.15) is 5.69 Å². The van der Waals surface area contributed by atoms with Crippen molar-refractivity contribution < 1.29 is 9.72 Å². The van der Waals surface area contributed by atoms with E-state index in [9.17, 15) is 14.9 Å². The minimum absolute atomic E-state index is 0.0263. The summed E-state index contributed by atoms with van der Waals surface area (Å²) in [5, 5.41) is 11.6. The number of nitro groups is 1. The van der Waals surface area contributed by atoms with Crippen molar-refractivity contribution in [3.05, 3.63) is 63.7 Å². The van der Waals surface area contributed by atoms with Gasteiger partial charge in [-0.15, -0.1) is 0 Å². The van der Waals surface area contributed by atoms with Gasteiger partial charge in [-0.2, -0.15) is 0 Å². The van der Waals surface area contributed by atoms with E-state index in [1.54, 1.807) is 12.1 Å². The fraction of sp³-hybridized carbons (Fsp3) is 0.316. The molecule has 0 aliphatic carbocycles. The number of carbonyl (C=O) groups excluding carboxylic acids is 1. The molecule has 0 saturated heterocycles. The predicted octanol–water partition coefficient (Wildman–Crippen LogP) is 3.64. The minimum atomic E-state index is -0.408. The van der Waals surface area contributed by atoms with Crippen LogP contribution in [0.15, 0.2) is 42.5 Å². The maximum atomic E-state index is 11.6. The standard InChI is InChI=1S/C19H21N3O3/c1-13-11-20(3)17-7-5-4-6-16(17)12-21(13)18-9-8-15(14(2)23)10-19(18)22(24)25/h4-10,13H,11-12H2,1-3H3. The quantitative estimate of drug-likeness (QED) is 0.485. The van der Waals surface area contributed by atoms with Gasteiger partial charge in [0.25, 0.3) is 5.69 Å². The second kappa shape index (κ2) is 6.55. The number of hydrogen-bond donors (Lipinski definition) is 0. The highest BCUT2D eigenvalue weighted by atomic mass is 16.6. The van der Waals surface area contributed by atoms with Crippen molar-refractivity contribution in [2.45, 2.75) is 26.4 Å². The van der Waals surface area contributed by atoms with E-state index in [1.165, 1.54) is 13.0 Å². The van der Waals surface area contributed by atoms with Gasteiger partial charge in [0.05, 0.1) is 4.92 Å². The number of ketones is 1. The third kappa shape index (κ3) is 3.20. The summed E-state index contributed by atoms with van der Waals surface area (Å²) >= 11 is 0. The lowest BCUT2D eigenvalue weighted by Crippen LogP contribution is -2.38. The van der Waals surface area contributed by atoms with Gasteiger partial charge < -0.3 is 9.80 Å². The topological polar surface area (TPSA) is 66.7 Å². The van der Waals surface area contributed by atoms with Crippen molar-refractivity contribution in [1.82, 2.24) is 0 Å². The summed E-state index contributed by atoms with van der Waals surface area (Å²) in [4.78, 5) is 27.0. The molecule has 0 amide bonds. The van der Waals surface area contributed by atoms with E-state index < -0.39 is 4.92 Å². The third-order valence-electron chi connectivity index (χ3n) is 4.70. The second-order valence-electron chi connectivity index (χ2n) is 6.50. The van der Waals surface area contributed by atoms with Gasteiger partial charge in [-0.3, -0.25) is 14.9 Å². The number of carbonyl (C=O) groups is 1. The fourth-order valence-electron chi connectivity index (χ4n) is 3.40. The molecule has 1 unspecified atom stereocenters. The van der Waals surface area contributed by atoms with Crippen LogP contribution in [0.25, 0.3) is 0 Å². The van der Waals surface area contributed by atoms with E-state index >= 15 is 0 Å². The molecule has 130 valence electrons. The van der Waals surface area contributed by atoms with Crippen LogP contribution >= 0.6 is 0 Å². The van der Waals surface area contributed by atoms with Gasteiger partial charge >= 0.3 is 0 Å². The summed E-state index contributed by atoms with van der Waals surface area (Å²) in [6, 6.07) is 12.9. The monoisotopic (exact) mass is 339 g/mol. The van der Waals surface area contributed by atoms with Crippen molar-refractivity contribution in [1.29, 1.82) is 0 Å². The lowest BCUT2D eigenvalue weighted by molar-refractivity contribution is -0.384. The fourth-order valence-corrected chi connectivity index (χ4v) is 3.40. The number of nitro benzene ring substituents is 1. The Kier molecular flexibility index (Phi) is 4.44. The van der Waals surface area contributed by atoms with Crippen LogP contribution in [0, 0.1) is 10.1 Å². The number of anilines is 2. The highest BCUT2D eigenvalue weighted by Crippen LogP contribution is 2.35. The van der Waals surface area contributed by atoms with Gasteiger partial charge in [-0.05, 0) is 37.6 Å². The van der Waals surface area contributed by atoms with Crippen LogP contribution in [-0.4, -0.2) is 30.3 Å². The lowest BCUT2D eigenvalue weighted by Gasteiger charge is -2.30. The Labute approximate surface area is 146 Å². The number of fused-ring (bicyclic) bond motifs is 1. The normalized spacial score (nSPS) is 17.0. The summed E-state index contributed by atoms with van der Waals surface area (Å²) in [6.45, 7) is 4.81. The SMILES string of the molecule is CC(=O)c1ccc(N2Cc3ccccc3N(C)CC2C)c([N+](=O)[O-])c1. The van der Waals surface area contributed by atoms with Gasteiger partial charge in [-0.1, -0.05) is 18.2 Å². The number of hydrogen-bond acceptors (Lipinski definition) is 5. The Balaban J connectivity index is 2.09. The molecule has 3 rings (SSSR count). The van der Waals surface area contributed by atoms with E-state index in [4.69, 9.17) is 0 Å². The average Bonchev–Trinajstić information content (AvgIpc) is 2.71. The zero-order valence-electron chi connectivity index (χ0n) is 14.6. The molecule has 0 bridgehead atoms. The molecular formula is C19H21N3O3. The number of para-hydroxylation sites is 1. The van der Waals surface area contributed by atoms with E-state index in [-0.39, 0.29) is 17.5 Å². The molecule has 1 aliphatic rings. The Bertz CT molecular complexity index is 834. The number of likely N-dealkylation sites (N-methyl/N-ethyl adjacent to an activating group) is 1. The largest absolute Gasteiger partial charge is 0.372 e. The lowest BCUT2D eigenvalue weighted by atomic mass is 10.1. The number of nitrogens with zero attached hydrogens (tertiary/aromatic N) is 3. The minimum Gasteiger partial charge on any atom is -0.372 e. The summed E-state index contributed by atoms with van der Waals surface area (Å²) < 4.78 is 0. The van der Waals surface area contributed by atoms with Crippen molar-refractivity contribution in [2.24, 2.45) is 0 Å². The second-order valence-corrected chi connectivity index (χ2v) is 6.50. The molecule has 1 atom stereocenters. The van der Waals surface area contributed by atoms with Gasteiger partial charge in [0, 0.05) is 43.5 Å². The van der Waals surface area contributed by atoms with Crippen molar-refractivity contribution in [3.8, 4) is 0 Å². The molecule has 0 saturated carbocycles. The number of rotatable bonds is 3. The zero-order chi connectivity index (χ0) is 18.1. The predicted molar refractivity (Wildman–Crippen MR) is 98.5 cm³/mol. The molecular weight excluding hydrogens is 318 g/mol. The maximum absolute atomic E-state index is 11.6. The first-order valence-electron chi connectivity index (χ1n) is 8.23. The van der Waals surface area contributed by atoms with E-state index in [0.717, 1.165) is 17.8 Å². The molecule has 6 heteroatoms. The van der Waals surface area contributed by atoms with E-state index in [0.29, 0.717) is 17.8 Å². The van der Waals surface area contributed by atoms with Crippen LogP contribution in [0.5, 0.6) is 0 Å². The van der Waals surface area contributed by atoms with Gasteiger partial charge in [0.15, 0.2) is 5.78 Å². The molecule has 25 heavy (non-hydrogen) atoms. The molecule has 1 aliphatic heterocycles. The van der Waals surface area contributed by atoms with Crippen LogP contribution in [0.3, 0.4) is 0 Å². The third-order valence-corrected chi connectivity index (χ3v) is 4.70. The maximum Gasteiger partial charge on any atom is 0.293 e. The van der Waals surface area contributed by atoms with Crippen LogP contribution in [0.4, 0.5) is 17.1 Å². The molecule has 1 heterocycles. The molecule has 0 spiro atoms. The summed E-state index contributed by atoms with van der Waals surface area (Å²) in [5.74, 6) is -0.177. The van der Waals surface area contributed by atoms with Crippen LogP contribution in [0.2, 0.25) is 0 Å². The highest BCUT2D eigenvalue weighted by molar-refractivity contribution is 5.95. The summed E-state index contributed by atoms with van der Waals surface area (Å²) in [5.41, 5.74) is 3.14. The molecule has 6 nitrogen and oxygen atoms in total. The van der Waals surface area contributed by atoms with E-state index in [1.807, 2.05) is 30.1 Å². The highest BCUT2D eigenvalue weighted by Gasteiger charge is 2.28. The van der Waals surface area contributed by atoms with Crippen molar-refractivity contribution in [2.75, 3.05) is 23.4 Å². The zero-order valence-corrected chi connectivity index (χ0v) is 14.6. The van der Waals surface area contributed by atoms with E-state index in [2.05, 4.69) is 17.9 Å². The molecule has 2 aromatic rings. The molecule has 0 radical (unpaired) electrons. The van der Waals surface area contributed by atoms with Crippen molar-refractivity contribution in [3.63, 3.8) is 0 Å². The Hall–Kier alpha value is -2.89. The van der Waals surface area contributed by atoms with Crippen LogP contribution in [0.1, 0.15) is 29.8 Å². The number of benzene rings is 2. The molecule has 0 fully saturated rings. The first kappa shape index (κ1) is 17.0. The average molecular weight is 339 g/mol. The Morgan fingerprint density at radius 3 is 2.60 bits per heavy atom. The first-order valence-corrected chi connectivity index (χ1v) is 8.23. The molecule has 0 aromatic heterocycles. The Morgan fingerprint density at radius 1 is 1.20 bits per heavy atom. The Morgan fingerprint density at radius 2 is 1.92 bits per heavy atom. The smallest absolute Gasteiger partial charge is 0.293 e. The van der Waals surface area contributed by atoms with Gasteiger partial charge in [-0.25, -0.2) is 0 Å². The van der Waals surface area contributed by atoms with Crippen LogP contribution < -0.4 is 9.80 Å². The summed E-state index contributed by atoms with van der Waals surface area (Å²) in [6.07, 6.45) is 0. The van der Waals surface area contributed by atoms with Crippen LogP contribution in [-0.2, 0) is 6.54 Å². The summed E-state index contributed by atoms with van der Waals surface area (Å²) in [7, 11) is 2.03. The first-order chi connectivity index (χ1) is 11.9. The van der Waals surface area contributed by atoms with Gasteiger partial charge in [0.2, 0.25) is 0 Å². The molecule has 2 aromatic carbocycles. The number of Topliss-reactive ketones (excluding diaryl/α,β-unsaturated/α-hetero) is 1.